The molecule has 0 amide bonds. The second-order valence-corrected chi connectivity index (χ2v) is 5.21. The van der Waals surface area contributed by atoms with Gasteiger partial charge in [-0.25, -0.2) is 9.67 Å². The lowest BCUT2D eigenvalue weighted by molar-refractivity contribution is 0.282. The van der Waals surface area contributed by atoms with Crippen LogP contribution in [0.25, 0.3) is 0 Å². The van der Waals surface area contributed by atoms with E-state index in [0.29, 0.717) is 23.9 Å². The molecular weight excluding hydrogens is 276 g/mol. The van der Waals surface area contributed by atoms with Crippen molar-refractivity contribution >= 4 is 11.6 Å². The maximum atomic E-state index is 6.20. The summed E-state index contributed by atoms with van der Waals surface area (Å²) in [5.41, 5.74) is 6.63. The summed E-state index contributed by atoms with van der Waals surface area (Å²) < 4.78 is 7.55. The first-order valence-corrected chi connectivity index (χ1v) is 6.99. The fourth-order valence-electron chi connectivity index (χ4n) is 1.93. The van der Waals surface area contributed by atoms with Gasteiger partial charge in [0.25, 0.3) is 0 Å². The molecule has 0 aliphatic heterocycles. The lowest BCUT2D eigenvalue weighted by Crippen LogP contribution is -2.11. The quantitative estimate of drug-likeness (QED) is 0.889. The molecule has 0 atom stereocenters. The maximum Gasteiger partial charge on any atom is 0.165 e. The fourth-order valence-corrected chi connectivity index (χ4v) is 2.19. The first-order chi connectivity index (χ1) is 9.61. The van der Waals surface area contributed by atoms with Crippen molar-refractivity contribution in [3.8, 4) is 5.75 Å². The molecule has 0 aliphatic rings. The zero-order chi connectivity index (χ0) is 14.5. The van der Waals surface area contributed by atoms with Gasteiger partial charge in [-0.1, -0.05) is 17.7 Å². The summed E-state index contributed by atoms with van der Waals surface area (Å²) in [5.74, 6) is 1.42. The monoisotopic (exact) mass is 294 g/mol. The second kappa shape index (κ2) is 6.72. The highest BCUT2D eigenvalue weighted by Crippen LogP contribution is 2.26. The molecule has 20 heavy (non-hydrogen) atoms. The zero-order valence-electron chi connectivity index (χ0n) is 11.7. The predicted octanol–water partition coefficient (Wildman–Crippen LogP) is 2.59. The van der Waals surface area contributed by atoms with Gasteiger partial charge in [-0.2, -0.15) is 5.10 Å². The summed E-state index contributed by atoms with van der Waals surface area (Å²) in [5, 5.41) is 4.76. The van der Waals surface area contributed by atoms with Gasteiger partial charge in [-0.05, 0) is 44.5 Å². The van der Waals surface area contributed by atoms with E-state index in [1.54, 1.807) is 0 Å². The van der Waals surface area contributed by atoms with E-state index in [1.165, 1.54) is 6.33 Å². The highest BCUT2D eigenvalue weighted by molar-refractivity contribution is 6.32. The molecule has 2 N–H and O–H groups in total. The minimum Gasteiger partial charge on any atom is -0.484 e. The number of nitrogens with two attached hydrogens (primary N) is 1. The third-order valence-corrected chi connectivity index (χ3v) is 3.22. The second-order valence-electron chi connectivity index (χ2n) is 4.81. The summed E-state index contributed by atoms with van der Waals surface area (Å²) in [6.07, 6.45) is 2.34. The van der Waals surface area contributed by atoms with Crippen LogP contribution >= 0.6 is 11.6 Å². The van der Waals surface area contributed by atoms with Crippen molar-refractivity contribution in [3.63, 3.8) is 0 Å². The van der Waals surface area contributed by atoms with E-state index in [9.17, 15) is 0 Å². The Morgan fingerprint density at radius 1 is 1.40 bits per heavy atom. The zero-order valence-corrected chi connectivity index (χ0v) is 12.5. The normalized spacial score (nSPS) is 11.1. The average Bonchev–Trinajstić information content (AvgIpc) is 2.86. The Morgan fingerprint density at radius 2 is 2.20 bits per heavy atom. The van der Waals surface area contributed by atoms with Crippen LogP contribution in [0, 0.1) is 0 Å². The lowest BCUT2D eigenvalue weighted by atomic mass is 10.1. The van der Waals surface area contributed by atoms with Gasteiger partial charge in [0.15, 0.2) is 5.82 Å². The van der Waals surface area contributed by atoms with E-state index in [1.807, 2.05) is 36.7 Å². The van der Waals surface area contributed by atoms with Gasteiger partial charge in [0.05, 0.1) is 5.02 Å². The van der Waals surface area contributed by atoms with Crippen LogP contribution in [0.4, 0.5) is 0 Å². The van der Waals surface area contributed by atoms with E-state index < -0.39 is 0 Å². The minimum atomic E-state index is 0.249. The Hall–Kier alpha value is -1.59. The highest BCUT2D eigenvalue weighted by Gasteiger charge is 2.09. The van der Waals surface area contributed by atoms with Crippen LogP contribution in [0.15, 0.2) is 24.5 Å². The average molecular weight is 295 g/mol. The Balaban J connectivity index is 2.05. The van der Waals surface area contributed by atoms with Crippen molar-refractivity contribution in [1.82, 2.24) is 14.8 Å². The molecule has 0 bridgehead atoms. The molecule has 5 nitrogen and oxygen atoms in total. The molecule has 2 rings (SSSR count). The van der Waals surface area contributed by atoms with E-state index in [4.69, 9.17) is 22.1 Å². The number of hydrogen-bond donors (Lipinski definition) is 1. The Morgan fingerprint density at radius 3 is 2.85 bits per heavy atom. The van der Waals surface area contributed by atoms with Crippen LogP contribution in [0.1, 0.15) is 31.3 Å². The number of hydrogen-bond acceptors (Lipinski definition) is 4. The smallest absolute Gasteiger partial charge is 0.165 e. The molecule has 108 valence electrons. The van der Waals surface area contributed by atoms with Crippen molar-refractivity contribution in [2.75, 3.05) is 6.54 Å². The third kappa shape index (κ3) is 3.49. The summed E-state index contributed by atoms with van der Waals surface area (Å²) in [6.45, 7) is 5.04. The number of nitrogens with zero attached hydrogens (tertiary/aromatic N) is 3. The first kappa shape index (κ1) is 14.8. The van der Waals surface area contributed by atoms with Gasteiger partial charge in [0.2, 0.25) is 0 Å². The first-order valence-electron chi connectivity index (χ1n) is 6.61. The molecule has 0 fully saturated rings. The molecule has 0 radical (unpaired) electrons. The van der Waals surface area contributed by atoms with Crippen molar-refractivity contribution in [3.05, 3.63) is 40.9 Å². The van der Waals surface area contributed by atoms with E-state index in [2.05, 4.69) is 10.1 Å². The summed E-state index contributed by atoms with van der Waals surface area (Å²) in [7, 11) is 0. The van der Waals surface area contributed by atoms with Crippen LogP contribution in [-0.4, -0.2) is 21.3 Å². The Labute approximate surface area is 123 Å². The van der Waals surface area contributed by atoms with Gasteiger partial charge in [-0.3, -0.25) is 0 Å². The molecule has 1 aromatic heterocycles. The molecule has 0 spiro atoms. The molecule has 0 saturated heterocycles. The Kier molecular flexibility index (Phi) is 4.98. The summed E-state index contributed by atoms with van der Waals surface area (Å²) in [6, 6.07) is 5.97. The van der Waals surface area contributed by atoms with E-state index in [0.717, 1.165) is 17.8 Å². The fraction of sp³-hybridized carbons (Fsp3) is 0.429. The standard InChI is InChI=1S/C14H19ClN4O/c1-10(2)19-14(17-9-18-19)8-20-13-4-3-11(5-6-16)7-12(13)15/h3-4,7,9-10H,5-6,8,16H2,1-2H3. The summed E-state index contributed by atoms with van der Waals surface area (Å²) >= 11 is 6.20. The van der Waals surface area contributed by atoms with Gasteiger partial charge in [0, 0.05) is 6.04 Å². The molecule has 1 aromatic carbocycles. The number of ether oxygens (including phenoxy) is 1. The number of aromatic nitrogens is 3. The molecule has 0 aliphatic carbocycles. The van der Waals surface area contributed by atoms with Gasteiger partial charge in [0.1, 0.15) is 18.7 Å². The SMILES string of the molecule is CC(C)n1ncnc1COc1ccc(CCN)cc1Cl. The lowest BCUT2D eigenvalue weighted by Gasteiger charge is -2.12. The van der Waals surface area contributed by atoms with Crippen LogP contribution < -0.4 is 10.5 Å². The van der Waals surface area contributed by atoms with Crippen LogP contribution in [0.3, 0.4) is 0 Å². The molecule has 6 heteroatoms. The molecule has 1 heterocycles. The number of halogens is 1. The van der Waals surface area contributed by atoms with Crippen molar-refractivity contribution in [2.24, 2.45) is 5.73 Å². The number of benzene rings is 1. The maximum absolute atomic E-state index is 6.20. The number of rotatable bonds is 6. The van der Waals surface area contributed by atoms with Gasteiger partial charge in [-0.15, -0.1) is 0 Å². The van der Waals surface area contributed by atoms with Crippen LogP contribution in [-0.2, 0) is 13.0 Å². The molecule has 0 saturated carbocycles. The molecular formula is C14H19ClN4O. The van der Waals surface area contributed by atoms with Crippen LogP contribution in [0.5, 0.6) is 5.75 Å². The minimum absolute atomic E-state index is 0.249. The van der Waals surface area contributed by atoms with Crippen molar-refractivity contribution < 1.29 is 4.74 Å². The van der Waals surface area contributed by atoms with Gasteiger partial charge < -0.3 is 10.5 Å². The van der Waals surface area contributed by atoms with E-state index >= 15 is 0 Å². The van der Waals surface area contributed by atoms with Crippen molar-refractivity contribution in [1.29, 1.82) is 0 Å². The van der Waals surface area contributed by atoms with E-state index in [-0.39, 0.29) is 6.04 Å². The highest BCUT2D eigenvalue weighted by atomic mass is 35.5. The third-order valence-electron chi connectivity index (χ3n) is 2.92. The van der Waals surface area contributed by atoms with Gasteiger partial charge >= 0.3 is 0 Å². The Bertz CT molecular complexity index is 568. The topological polar surface area (TPSA) is 66.0 Å². The van der Waals surface area contributed by atoms with Crippen LogP contribution in [0.2, 0.25) is 5.02 Å². The molecule has 2 aromatic rings. The van der Waals surface area contributed by atoms with Crippen molar-refractivity contribution in [2.45, 2.75) is 32.9 Å². The molecule has 0 unspecified atom stereocenters. The summed E-state index contributed by atoms with van der Waals surface area (Å²) in [4.78, 5) is 4.20. The largest absolute Gasteiger partial charge is 0.484 e. The predicted molar refractivity (Wildman–Crippen MR) is 78.9 cm³/mol.